The fourth-order valence-electron chi connectivity index (χ4n) is 3.44. The molecule has 2 aromatic carbocycles. The molecule has 0 unspecified atom stereocenters. The third kappa shape index (κ3) is 3.91. The summed E-state index contributed by atoms with van der Waals surface area (Å²) in [6, 6.07) is 15.9. The largest absolute Gasteiger partial charge is 0.315 e. The predicted molar refractivity (Wildman–Crippen MR) is 123 cm³/mol. The van der Waals surface area contributed by atoms with Crippen LogP contribution in [0, 0.1) is 13.8 Å². The number of fused-ring (bicyclic) bond motifs is 1. The monoisotopic (exact) mass is 417 g/mol. The Bertz CT molecular complexity index is 1270. The van der Waals surface area contributed by atoms with Crippen molar-refractivity contribution in [3.63, 3.8) is 0 Å². The molecule has 2 aromatic heterocycles. The molecule has 152 valence electrons. The van der Waals surface area contributed by atoms with E-state index in [0.717, 1.165) is 27.2 Å². The van der Waals surface area contributed by atoms with Crippen LogP contribution in [0.25, 0.3) is 21.3 Å². The minimum absolute atomic E-state index is 0.0447. The molecule has 0 saturated carbocycles. The van der Waals surface area contributed by atoms with Crippen LogP contribution in [-0.4, -0.2) is 22.5 Å². The molecule has 0 spiro atoms. The van der Waals surface area contributed by atoms with Crippen LogP contribution in [0.3, 0.4) is 0 Å². The highest BCUT2D eigenvalue weighted by Gasteiger charge is 2.15. The van der Waals surface area contributed by atoms with Crippen LogP contribution in [0.5, 0.6) is 0 Å². The van der Waals surface area contributed by atoms with Gasteiger partial charge in [-0.25, -0.2) is 4.98 Å². The van der Waals surface area contributed by atoms with Gasteiger partial charge in [0.25, 0.3) is 5.56 Å². The summed E-state index contributed by atoms with van der Waals surface area (Å²) in [5.74, 6) is -0.0447. The molecule has 0 N–H and O–H groups in total. The van der Waals surface area contributed by atoms with E-state index in [4.69, 9.17) is 0 Å². The first-order valence-electron chi connectivity index (χ1n) is 9.81. The van der Waals surface area contributed by atoms with Crippen LogP contribution in [-0.2, 0) is 11.3 Å². The topological polar surface area (TPSA) is 55.2 Å². The Morgan fingerprint density at radius 3 is 2.60 bits per heavy atom. The third-order valence-corrected chi connectivity index (χ3v) is 6.14. The Morgan fingerprint density at radius 1 is 1.10 bits per heavy atom. The van der Waals surface area contributed by atoms with Crippen LogP contribution in [0.4, 0.5) is 5.69 Å². The second-order valence-corrected chi connectivity index (χ2v) is 8.34. The number of hydrogen-bond acceptors (Lipinski definition) is 4. The minimum atomic E-state index is -0.108. The first kappa shape index (κ1) is 20.0. The molecule has 0 aliphatic heterocycles. The zero-order valence-electron chi connectivity index (χ0n) is 17.3. The maximum atomic E-state index is 13.2. The first-order valence-corrected chi connectivity index (χ1v) is 10.7. The van der Waals surface area contributed by atoms with E-state index in [-0.39, 0.29) is 17.9 Å². The Hall–Kier alpha value is -3.25. The lowest BCUT2D eigenvalue weighted by Gasteiger charge is -2.18. The van der Waals surface area contributed by atoms with Crippen molar-refractivity contribution >= 4 is 33.1 Å². The minimum Gasteiger partial charge on any atom is -0.315 e. The van der Waals surface area contributed by atoms with Crippen LogP contribution < -0.4 is 10.5 Å². The van der Waals surface area contributed by atoms with Gasteiger partial charge >= 0.3 is 0 Å². The number of benzene rings is 2. The Labute approximate surface area is 179 Å². The van der Waals surface area contributed by atoms with Gasteiger partial charge in [0, 0.05) is 36.6 Å². The number of thiophene rings is 1. The van der Waals surface area contributed by atoms with Crippen molar-refractivity contribution in [2.75, 3.05) is 11.9 Å². The van der Waals surface area contributed by atoms with Gasteiger partial charge in [-0.15, -0.1) is 11.3 Å². The molecular formula is C24H23N3O2S. The highest BCUT2D eigenvalue weighted by Crippen LogP contribution is 2.30. The lowest BCUT2D eigenvalue weighted by molar-refractivity contribution is -0.118. The van der Waals surface area contributed by atoms with Crippen molar-refractivity contribution in [2.24, 2.45) is 0 Å². The van der Waals surface area contributed by atoms with Crippen molar-refractivity contribution < 1.29 is 4.79 Å². The molecule has 2 heterocycles. The van der Waals surface area contributed by atoms with Gasteiger partial charge in [-0.1, -0.05) is 42.0 Å². The number of rotatable bonds is 5. The number of amides is 1. The fourth-order valence-corrected chi connectivity index (χ4v) is 4.34. The second kappa shape index (κ2) is 8.24. The molecule has 4 aromatic rings. The summed E-state index contributed by atoms with van der Waals surface area (Å²) in [6.07, 6.45) is 1.77. The molecule has 0 aliphatic rings. The van der Waals surface area contributed by atoms with E-state index in [1.165, 1.54) is 21.5 Å². The normalized spacial score (nSPS) is 11.0. The smallest absolute Gasteiger partial charge is 0.262 e. The lowest BCUT2D eigenvalue weighted by Crippen LogP contribution is -2.29. The predicted octanol–water partition coefficient (Wildman–Crippen LogP) is 4.79. The molecule has 5 nitrogen and oxygen atoms in total. The quantitative estimate of drug-likeness (QED) is 0.469. The molecule has 0 fully saturated rings. The first-order chi connectivity index (χ1) is 14.4. The molecule has 6 heteroatoms. The lowest BCUT2D eigenvalue weighted by atomic mass is 10.1. The van der Waals surface area contributed by atoms with E-state index < -0.39 is 0 Å². The Balaban J connectivity index is 1.58. The highest BCUT2D eigenvalue weighted by atomic mass is 32.1. The summed E-state index contributed by atoms with van der Waals surface area (Å²) < 4.78 is 1.54. The van der Waals surface area contributed by atoms with E-state index in [9.17, 15) is 9.59 Å². The van der Waals surface area contributed by atoms with Gasteiger partial charge in [-0.3, -0.25) is 14.2 Å². The summed E-state index contributed by atoms with van der Waals surface area (Å²) in [5, 5.41) is 2.59. The van der Waals surface area contributed by atoms with Gasteiger partial charge in [0.2, 0.25) is 5.91 Å². The zero-order chi connectivity index (χ0) is 21.3. The number of aromatic nitrogens is 2. The van der Waals surface area contributed by atoms with Crippen molar-refractivity contribution in [3.8, 4) is 11.1 Å². The van der Waals surface area contributed by atoms with Crippen LogP contribution in [0.2, 0.25) is 0 Å². The number of aryl methyl sites for hydroxylation is 3. The van der Waals surface area contributed by atoms with Crippen LogP contribution >= 0.6 is 11.3 Å². The summed E-state index contributed by atoms with van der Waals surface area (Å²) in [7, 11) is 1.76. The van der Waals surface area contributed by atoms with E-state index in [1.807, 2.05) is 67.8 Å². The average Bonchev–Trinajstić information content (AvgIpc) is 3.18. The van der Waals surface area contributed by atoms with E-state index >= 15 is 0 Å². The van der Waals surface area contributed by atoms with Crippen molar-refractivity contribution in [1.82, 2.24) is 9.55 Å². The second-order valence-electron chi connectivity index (χ2n) is 7.48. The molecule has 0 bridgehead atoms. The Morgan fingerprint density at radius 2 is 1.87 bits per heavy atom. The van der Waals surface area contributed by atoms with Crippen molar-refractivity contribution in [2.45, 2.75) is 26.8 Å². The van der Waals surface area contributed by atoms with Crippen molar-refractivity contribution in [3.05, 3.63) is 81.7 Å². The maximum Gasteiger partial charge on any atom is 0.262 e. The number of carbonyl (C=O) groups is 1. The summed E-state index contributed by atoms with van der Waals surface area (Å²) >= 11 is 1.46. The van der Waals surface area contributed by atoms with E-state index in [1.54, 1.807) is 18.3 Å². The standard InChI is InChI=1S/C24H23N3O2S/c1-16-7-9-18(10-8-16)20-14-30-23-22(20)24(29)27(15-25-23)12-11-21(28)26(3)19-6-4-5-17(2)13-19/h4-10,13-15H,11-12H2,1-3H3. The number of hydrogen-bond donors (Lipinski definition) is 0. The van der Waals surface area contributed by atoms with Gasteiger partial charge in [-0.2, -0.15) is 0 Å². The molecule has 0 aliphatic carbocycles. The van der Waals surface area contributed by atoms with Gasteiger partial charge in [0.15, 0.2) is 0 Å². The van der Waals surface area contributed by atoms with Gasteiger partial charge in [0.05, 0.1) is 11.7 Å². The highest BCUT2D eigenvalue weighted by molar-refractivity contribution is 7.17. The van der Waals surface area contributed by atoms with Gasteiger partial charge in [0.1, 0.15) is 4.83 Å². The fraction of sp³-hybridized carbons (Fsp3) is 0.208. The number of nitrogens with zero attached hydrogens (tertiary/aromatic N) is 3. The summed E-state index contributed by atoms with van der Waals surface area (Å²) in [4.78, 5) is 32.6. The van der Waals surface area contributed by atoms with Gasteiger partial charge < -0.3 is 4.90 Å². The molecular weight excluding hydrogens is 394 g/mol. The molecule has 1 amide bonds. The third-order valence-electron chi connectivity index (χ3n) is 5.25. The Kier molecular flexibility index (Phi) is 5.50. The zero-order valence-corrected chi connectivity index (χ0v) is 18.1. The van der Waals surface area contributed by atoms with Gasteiger partial charge in [-0.05, 0) is 37.1 Å². The van der Waals surface area contributed by atoms with Crippen molar-refractivity contribution in [1.29, 1.82) is 0 Å². The summed E-state index contributed by atoms with van der Waals surface area (Å²) in [5.41, 5.74) is 4.90. The average molecular weight is 418 g/mol. The number of anilines is 1. The molecule has 4 rings (SSSR count). The number of carbonyl (C=O) groups excluding carboxylic acids is 1. The molecule has 0 saturated heterocycles. The van der Waals surface area contributed by atoms with E-state index in [0.29, 0.717) is 11.9 Å². The SMILES string of the molecule is Cc1ccc(-c2csc3ncn(CCC(=O)N(C)c4cccc(C)c4)c(=O)c23)cc1. The van der Waals surface area contributed by atoms with Crippen LogP contribution in [0.15, 0.2) is 65.0 Å². The molecule has 0 atom stereocenters. The maximum absolute atomic E-state index is 13.2. The molecule has 30 heavy (non-hydrogen) atoms. The molecule has 0 radical (unpaired) electrons. The van der Waals surface area contributed by atoms with E-state index in [2.05, 4.69) is 4.98 Å². The van der Waals surface area contributed by atoms with Crippen LogP contribution in [0.1, 0.15) is 17.5 Å². The summed E-state index contributed by atoms with van der Waals surface area (Å²) in [6.45, 7) is 4.32.